The predicted molar refractivity (Wildman–Crippen MR) is 81.9 cm³/mol. The fourth-order valence-corrected chi connectivity index (χ4v) is 1.78. The molecule has 0 heterocycles. The number of benzene rings is 1. The van der Waals surface area contributed by atoms with Crippen LogP contribution in [-0.4, -0.2) is 23.1 Å². The average Bonchev–Trinajstić information content (AvgIpc) is 2.39. The third-order valence-corrected chi connectivity index (χ3v) is 3.09. The predicted octanol–water partition coefficient (Wildman–Crippen LogP) is 3.55. The number of ether oxygens (including phenoxy) is 1. The highest BCUT2D eigenvalue weighted by atomic mass is 16.5. The molecular formula is C16H23NO4. The van der Waals surface area contributed by atoms with Gasteiger partial charge in [0.05, 0.1) is 17.4 Å². The molecule has 5 heteroatoms. The molecular weight excluding hydrogens is 270 g/mol. The molecule has 2 N–H and O–H groups in total. The van der Waals surface area contributed by atoms with Crippen molar-refractivity contribution in [3.05, 3.63) is 23.8 Å². The van der Waals surface area contributed by atoms with E-state index in [1.54, 1.807) is 6.07 Å². The van der Waals surface area contributed by atoms with E-state index in [9.17, 15) is 9.59 Å². The summed E-state index contributed by atoms with van der Waals surface area (Å²) in [5.74, 6) is -0.418. The van der Waals surface area contributed by atoms with Gasteiger partial charge >= 0.3 is 5.97 Å². The zero-order valence-electron chi connectivity index (χ0n) is 13.0. The van der Waals surface area contributed by atoms with Crippen molar-refractivity contribution in [2.24, 2.45) is 5.92 Å². The molecule has 1 amide bonds. The van der Waals surface area contributed by atoms with Crippen molar-refractivity contribution in [3.8, 4) is 5.75 Å². The van der Waals surface area contributed by atoms with E-state index in [2.05, 4.69) is 5.32 Å². The molecule has 0 saturated carbocycles. The van der Waals surface area contributed by atoms with Crippen molar-refractivity contribution in [2.75, 3.05) is 5.32 Å². The molecule has 1 atom stereocenters. The van der Waals surface area contributed by atoms with E-state index in [4.69, 9.17) is 9.84 Å². The molecule has 1 aromatic carbocycles. The van der Waals surface area contributed by atoms with Crippen molar-refractivity contribution < 1.29 is 19.4 Å². The number of anilines is 1. The molecule has 1 unspecified atom stereocenters. The summed E-state index contributed by atoms with van der Waals surface area (Å²) in [6.45, 7) is 7.76. The van der Waals surface area contributed by atoms with Crippen molar-refractivity contribution in [1.82, 2.24) is 0 Å². The first-order valence-electron chi connectivity index (χ1n) is 7.17. The summed E-state index contributed by atoms with van der Waals surface area (Å²) >= 11 is 0. The van der Waals surface area contributed by atoms with Crippen LogP contribution in [-0.2, 0) is 4.79 Å². The lowest BCUT2D eigenvalue weighted by Crippen LogP contribution is -2.17. The van der Waals surface area contributed by atoms with Gasteiger partial charge in [-0.2, -0.15) is 0 Å². The standard InChI is InChI=1S/C16H23NO4/c1-5-11(4)8-15(18)17-13-9-12(16(19)20)6-7-14(13)21-10(2)3/h6-7,9-11H,5,8H2,1-4H3,(H,17,18)(H,19,20). The van der Waals surface area contributed by atoms with Crippen molar-refractivity contribution >= 4 is 17.6 Å². The van der Waals surface area contributed by atoms with Gasteiger partial charge < -0.3 is 15.2 Å². The Morgan fingerprint density at radius 2 is 1.95 bits per heavy atom. The Bertz CT molecular complexity index is 511. The third kappa shape index (κ3) is 5.45. The molecule has 0 fully saturated rings. The Morgan fingerprint density at radius 3 is 2.48 bits per heavy atom. The van der Waals surface area contributed by atoms with E-state index in [0.717, 1.165) is 6.42 Å². The van der Waals surface area contributed by atoms with Gasteiger partial charge in [-0.05, 0) is 38.0 Å². The lowest BCUT2D eigenvalue weighted by molar-refractivity contribution is -0.117. The molecule has 21 heavy (non-hydrogen) atoms. The molecule has 0 aromatic heterocycles. The van der Waals surface area contributed by atoms with Crippen LogP contribution in [0.4, 0.5) is 5.69 Å². The van der Waals surface area contributed by atoms with Gasteiger partial charge in [0.1, 0.15) is 5.75 Å². The average molecular weight is 293 g/mol. The maximum absolute atomic E-state index is 12.0. The number of carboxylic acid groups (broad SMARTS) is 1. The van der Waals surface area contributed by atoms with E-state index < -0.39 is 5.97 Å². The number of nitrogens with one attached hydrogen (secondary N) is 1. The first-order valence-corrected chi connectivity index (χ1v) is 7.17. The molecule has 1 rings (SSSR count). The van der Waals surface area contributed by atoms with Gasteiger partial charge in [0.25, 0.3) is 0 Å². The summed E-state index contributed by atoms with van der Waals surface area (Å²) < 4.78 is 5.60. The highest BCUT2D eigenvalue weighted by molar-refractivity contribution is 5.95. The second-order valence-corrected chi connectivity index (χ2v) is 5.45. The van der Waals surface area contributed by atoms with Crippen LogP contribution >= 0.6 is 0 Å². The van der Waals surface area contributed by atoms with E-state index >= 15 is 0 Å². The Morgan fingerprint density at radius 1 is 1.29 bits per heavy atom. The number of carbonyl (C=O) groups excluding carboxylic acids is 1. The Balaban J connectivity index is 2.97. The highest BCUT2D eigenvalue weighted by Crippen LogP contribution is 2.27. The lowest BCUT2D eigenvalue weighted by Gasteiger charge is -2.16. The normalized spacial score (nSPS) is 12.0. The quantitative estimate of drug-likeness (QED) is 0.806. The Kier molecular flexibility index (Phi) is 6.21. The zero-order valence-corrected chi connectivity index (χ0v) is 13.0. The second kappa shape index (κ2) is 7.67. The third-order valence-electron chi connectivity index (χ3n) is 3.09. The molecule has 0 aliphatic heterocycles. The van der Waals surface area contributed by atoms with Crippen LogP contribution in [0.1, 0.15) is 50.9 Å². The summed E-state index contributed by atoms with van der Waals surface area (Å²) in [5.41, 5.74) is 0.516. The largest absolute Gasteiger partial charge is 0.489 e. The molecule has 0 aliphatic carbocycles. The number of aromatic carboxylic acids is 1. The van der Waals surface area contributed by atoms with Crippen LogP contribution in [0.2, 0.25) is 0 Å². The summed E-state index contributed by atoms with van der Waals surface area (Å²) in [6, 6.07) is 4.46. The van der Waals surface area contributed by atoms with Crippen molar-refractivity contribution in [1.29, 1.82) is 0 Å². The summed E-state index contributed by atoms with van der Waals surface area (Å²) in [5, 5.41) is 11.8. The molecule has 0 radical (unpaired) electrons. The minimum atomic E-state index is -1.04. The molecule has 0 aliphatic rings. The molecule has 116 valence electrons. The molecule has 0 saturated heterocycles. The second-order valence-electron chi connectivity index (χ2n) is 5.45. The van der Waals surface area contributed by atoms with Crippen molar-refractivity contribution in [3.63, 3.8) is 0 Å². The Hall–Kier alpha value is -2.04. The van der Waals surface area contributed by atoms with E-state index in [-0.39, 0.29) is 23.5 Å². The van der Waals surface area contributed by atoms with Gasteiger partial charge in [-0.25, -0.2) is 4.79 Å². The number of hydrogen-bond donors (Lipinski definition) is 2. The fourth-order valence-electron chi connectivity index (χ4n) is 1.78. The van der Waals surface area contributed by atoms with Crippen molar-refractivity contribution in [2.45, 2.75) is 46.6 Å². The highest BCUT2D eigenvalue weighted by Gasteiger charge is 2.14. The molecule has 1 aromatic rings. The summed E-state index contributed by atoms with van der Waals surface area (Å²) in [4.78, 5) is 23.0. The minimum absolute atomic E-state index is 0.0640. The van der Waals surface area contributed by atoms with E-state index in [1.165, 1.54) is 12.1 Å². The first-order chi connectivity index (χ1) is 9.83. The topological polar surface area (TPSA) is 75.6 Å². The van der Waals surface area contributed by atoms with Gasteiger partial charge in [0.2, 0.25) is 5.91 Å². The van der Waals surface area contributed by atoms with Crippen LogP contribution in [0.3, 0.4) is 0 Å². The van der Waals surface area contributed by atoms with Crippen LogP contribution in [0.15, 0.2) is 18.2 Å². The zero-order chi connectivity index (χ0) is 16.0. The first kappa shape index (κ1) is 17.0. The maximum atomic E-state index is 12.0. The SMILES string of the molecule is CCC(C)CC(=O)Nc1cc(C(=O)O)ccc1OC(C)C. The molecule has 0 bridgehead atoms. The van der Waals surface area contributed by atoms with Gasteiger partial charge in [-0.3, -0.25) is 4.79 Å². The summed E-state index contributed by atoms with van der Waals surface area (Å²) in [6.07, 6.45) is 1.25. The van der Waals surface area contributed by atoms with Crippen LogP contribution < -0.4 is 10.1 Å². The minimum Gasteiger partial charge on any atom is -0.489 e. The number of rotatable bonds is 7. The number of hydrogen-bond acceptors (Lipinski definition) is 3. The van der Waals surface area contributed by atoms with Gasteiger partial charge in [-0.15, -0.1) is 0 Å². The monoisotopic (exact) mass is 293 g/mol. The number of carbonyl (C=O) groups is 2. The number of amides is 1. The molecule has 0 spiro atoms. The van der Waals surface area contributed by atoms with Gasteiger partial charge in [-0.1, -0.05) is 20.3 Å². The van der Waals surface area contributed by atoms with Crippen LogP contribution in [0.25, 0.3) is 0 Å². The Labute approximate surface area is 125 Å². The van der Waals surface area contributed by atoms with Crippen LogP contribution in [0.5, 0.6) is 5.75 Å². The van der Waals surface area contributed by atoms with Gasteiger partial charge in [0, 0.05) is 6.42 Å². The molecule has 5 nitrogen and oxygen atoms in total. The smallest absolute Gasteiger partial charge is 0.335 e. The van der Waals surface area contributed by atoms with Gasteiger partial charge in [0.15, 0.2) is 0 Å². The summed E-state index contributed by atoms with van der Waals surface area (Å²) in [7, 11) is 0. The van der Waals surface area contributed by atoms with E-state index in [1.807, 2.05) is 27.7 Å². The lowest BCUT2D eigenvalue weighted by atomic mass is 10.0. The van der Waals surface area contributed by atoms with E-state index in [0.29, 0.717) is 17.9 Å². The fraction of sp³-hybridized carbons (Fsp3) is 0.500. The number of carboxylic acids is 1. The maximum Gasteiger partial charge on any atom is 0.335 e. The van der Waals surface area contributed by atoms with Crippen LogP contribution in [0, 0.1) is 5.92 Å².